The van der Waals surface area contributed by atoms with E-state index in [4.69, 9.17) is 0 Å². The molecule has 0 saturated carbocycles. The first-order chi connectivity index (χ1) is 17.9. The van der Waals surface area contributed by atoms with Crippen molar-refractivity contribution >= 4 is 32.6 Å². The molecule has 0 amide bonds. The molecule has 1 heteroatoms. The van der Waals surface area contributed by atoms with Crippen LogP contribution in [-0.4, -0.2) is 4.57 Å². The van der Waals surface area contributed by atoms with Crippen molar-refractivity contribution in [3.8, 4) is 16.8 Å². The number of hydrogen-bond acceptors (Lipinski definition) is 0. The average molecular weight is 460 g/mol. The minimum absolute atomic E-state index is 0.936. The lowest BCUT2D eigenvalue weighted by molar-refractivity contribution is 1.18. The van der Waals surface area contributed by atoms with Gasteiger partial charge in [-0.05, 0) is 69.8 Å². The van der Waals surface area contributed by atoms with Gasteiger partial charge in [-0.15, -0.1) is 0 Å². The predicted octanol–water partition coefficient (Wildman–Crippen LogP) is 9.19. The Morgan fingerprint density at radius 1 is 0.444 bits per heavy atom. The molecular weight excluding hydrogens is 434 g/mol. The van der Waals surface area contributed by atoms with Crippen molar-refractivity contribution in [1.82, 2.24) is 4.57 Å². The number of aromatic nitrogens is 1. The Kier molecular flexibility index (Phi) is 4.92. The molecule has 0 spiro atoms. The summed E-state index contributed by atoms with van der Waals surface area (Å²) in [6.07, 6.45) is 0.936. The largest absolute Gasteiger partial charge is 0.309 e. The summed E-state index contributed by atoms with van der Waals surface area (Å²) in [5.74, 6) is 0. The quantitative estimate of drug-likeness (QED) is 0.247. The fourth-order valence-electron chi connectivity index (χ4n) is 5.58. The standard InChI is InChI=1S/C35H25N/c1-3-11-25(12-4-1)23-26-19-21-30(31-16-8-7-15-29(26)31)27-20-22-35-33(24-27)32-17-9-10-18-34(32)36(35)28-13-5-2-6-14-28/h1-22,24H,23H2. The third kappa shape index (κ3) is 3.40. The smallest absolute Gasteiger partial charge is 0.0541 e. The number of para-hydroxylation sites is 2. The molecule has 0 aliphatic carbocycles. The summed E-state index contributed by atoms with van der Waals surface area (Å²) >= 11 is 0. The first-order valence-corrected chi connectivity index (χ1v) is 12.5. The Hall–Kier alpha value is -4.62. The van der Waals surface area contributed by atoms with Crippen LogP contribution in [0.4, 0.5) is 0 Å². The molecule has 1 aromatic heterocycles. The molecule has 1 heterocycles. The molecule has 0 radical (unpaired) electrons. The van der Waals surface area contributed by atoms with Gasteiger partial charge in [0.1, 0.15) is 0 Å². The van der Waals surface area contributed by atoms with E-state index in [1.807, 2.05) is 0 Å². The Balaban J connectivity index is 1.42. The van der Waals surface area contributed by atoms with Crippen LogP contribution in [0.5, 0.6) is 0 Å². The van der Waals surface area contributed by atoms with Gasteiger partial charge in [0, 0.05) is 16.5 Å². The van der Waals surface area contributed by atoms with E-state index in [0.717, 1.165) is 6.42 Å². The first kappa shape index (κ1) is 20.7. The second kappa shape index (κ2) is 8.55. The van der Waals surface area contributed by atoms with Crippen LogP contribution >= 0.6 is 0 Å². The van der Waals surface area contributed by atoms with Gasteiger partial charge >= 0.3 is 0 Å². The van der Waals surface area contributed by atoms with Crippen molar-refractivity contribution in [2.45, 2.75) is 6.42 Å². The van der Waals surface area contributed by atoms with Crippen LogP contribution in [-0.2, 0) is 6.42 Å². The van der Waals surface area contributed by atoms with Gasteiger partial charge < -0.3 is 4.57 Å². The average Bonchev–Trinajstić information content (AvgIpc) is 3.28. The summed E-state index contributed by atoms with van der Waals surface area (Å²) in [5.41, 5.74) is 8.89. The van der Waals surface area contributed by atoms with Crippen molar-refractivity contribution in [1.29, 1.82) is 0 Å². The molecule has 0 fully saturated rings. The normalized spacial score (nSPS) is 11.4. The van der Waals surface area contributed by atoms with Crippen LogP contribution in [0, 0.1) is 0 Å². The van der Waals surface area contributed by atoms with Crippen LogP contribution in [0.15, 0.2) is 140 Å². The van der Waals surface area contributed by atoms with Crippen molar-refractivity contribution in [2.75, 3.05) is 0 Å². The molecule has 6 aromatic carbocycles. The zero-order valence-corrected chi connectivity index (χ0v) is 19.9. The van der Waals surface area contributed by atoms with Crippen molar-refractivity contribution in [2.24, 2.45) is 0 Å². The Morgan fingerprint density at radius 2 is 1.08 bits per heavy atom. The second-order valence-corrected chi connectivity index (χ2v) is 9.40. The van der Waals surface area contributed by atoms with Gasteiger partial charge in [-0.1, -0.05) is 109 Å². The van der Waals surface area contributed by atoms with E-state index in [9.17, 15) is 0 Å². The molecule has 170 valence electrons. The molecule has 1 nitrogen and oxygen atoms in total. The molecule has 0 aliphatic rings. The molecular formula is C35H25N. The highest BCUT2D eigenvalue weighted by molar-refractivity contribution is 6.11. The molecule has 7 aromatic rings. The van der Waals surface area contributed by atoms with E-state index >= 15 is 0 Å². The minimum Gasteiger partial charge on any atom is -0.309 e. The molecule has 0 N–H and O–H groups in total. The van der Waals surface area contributed by atoms with Crippen LogP contribution in [0.1, 0.15) is 11.1 Å². The van der Waals surface area contributed by atoms with Gasteiger partial charge in [-0.3, -0.25) is 0 Å². The van der Waals surface area contributed by atoms with Gasteiger partial charge in [0.05, 0.1) is 11.0 Å². The van der Waals surface area contributed by atoms with E-state index in [-0.39, 0.29) is 0 Å². The summed E-state index contributed by atoms with van der Waals surface area (Å²) in [6, 6.07) is 50.5. The Morgan fingerprint density at radius 3 is 1.89 bits per heavy atom. The fraction of sp³-hybridized carbons (Fsp3) is 0.0286. The summed E-state index contributed by atoms with van der Waals surface area (Å²) in [4.78, 5) is 0. The number of hydrogen-bond donors (Lipinski definition) is 0. The summed E-state index contributed by atoms with van der Waals surface area (Å²) in [5, 5.41) is 5.19. The van der Waals surface area contributed by atoms with Crippen LogP contribution < -0.4 is 0 Å². The SMILES string of the molecule is c1ccc(Cc2ccc(-c3ccc4c(c3)c3ccccc3n4-c3ccccc3)c3ccccc23)cc1. The Bertz CT molecular complexity index is 1840. The fourth-order valence-corrected chi connectivity index (χ4v) is 5.58. The first-order valence-electron chi connectivity index (χ1n) is 12.5. The third-order valence-corrected chi connectivity index (χ3v) is 7.25. The molecule has 7 rings (SSSR count). The van der Waals surface area contributed by atoms with E-state index in [1.54, 1.807) is 0 Å². The van der Waals surface area contributed by atoms with Crippen LogP contribution in [0.3, 0.4) is 0 Å². The molecule has 0 atom stereocenters. The summed E-state index contributed by atoms with van der Waals surface area (Å²) in [6.45, 7) is 0. The van der Waals surface area contributed by atoms with Crippen molar-refractivity contribution in [3.05, 3.63) is 151 Å². The molecule has 36 heavy (non-hydrogen) atoms. The molecule has 0 unspecified atom stereocenters. The number of nitrogens with zero attached hydrogens (tertiary/aromatic N) is 1. The lowest BCUT2D eigenvalue weighted by Gasteiger charge is -2.13. The van der Waals surface area contributed by atoms with Crippen LogP contribution in [0.2, 0.25) is 0 Å². The summed E-state index contributed by atoms with van der Waals surface area (Å²) in [7, 11) is 0. The van der Waals surface area contributed by atoms with E-state index < -0.39 is 0 Å². The van der Waals surface area contributed by atoms with E-state index in [0.29, 0.717) is 0 Å². The number of rotatable bonds is 4. The lowest BCUT2D eigenvalue weighted by atomic mass is 9.92. The van der Waals surface area contributed by atoms with Crippen molar-refractivity contribution in [3.63, 3.8) is 0 Å². The molecule has 0 bridgehead atoms. The maximum Gasteiger partial charge on any atom is 0.0541 e. The highest BCUT2D eigenvalue weighted by Gasteiger charge is 2.14. The van der Waals surface area contributed by atoms with Gasteiger partial charge in [-0.25, -0.2) is 0 Å². The summed E-state index contributed by atoms with van der Waals surface area (Å²) < 4.78 is 2.37. The van der Waals surface area contributed by atoms with E-state index in [1.165, 1.54) is 60.5 Å². The van der Waals surface area contributed by atoms with Gasteiger partial charge in [0.15, 0.2) is 0 Å². The highest BCUT2D eigenvalue weighted by atomic mass is 15.0. The zero-order valence-electron chi connectivity index (χ0n) is 19.9. The maximum atomic E-state index is 2.37. The highest BCUT2D eigenvalue weighted by Crippen LogP contribution is 2.37. The third-order valence-electron chi connectivity index (χ3n) is 7.25. The maximum absolute atomic E-state index is 2.37. The number of benzene rings is 6. The molecule has 0 aliphatic heterocycles. The predicted molar refractivity (Wildman–Crippen MR) is 153 cm³/mol. The second-order valence-electron chi connectivity index (χ2n) is 9.40. The number of fused-ring (bicyclic) bond motifs is 4. The van der Waals surface area contributed by atoms with Crippen molar-refractivity contribution < 1.29 is 0 Å². The minimum atomic E-state index is 0.936. The van der Waals surface area contributed by atoms with Gasteiger partial charge in [0.25, 0.3) is 0 Å². The van der Waals surface area contributed by atoms with Crippen LogP contribution in [0.25, 0.3) is 49.4 Å². The zero-order chi connectivity index (χ0) is 23.9. The Labute approximate surface area is 210 Å². The van der Waals surface area contributed by atoms with Gasteiger partial charge in [-0.2, -0.15) is 0 Å². The monoisotopic (exact) mass is 459 g/mol. The van der Waals surface area contributed by atoms with E-state index in [2.05, 4.69) is 144 Å². The van der Waals surface area contributed by atoms with Gasteiger partial charge in [0.2, 0.25) is 0 Å². The molecule has 0 saturated heterocycles. The topological polar surface area (TPSA) is 4.93 Å². The lowest BCUT2D eigenvalue weighted by Crippen LogP contribution is -1.93.